The van der Waals surface area contributed by atoms with Crippen molar-refractivity contribution < 1.29 is 4.74 Å². The highest BCUT2D eigenvalue weighted by Crippen LogP contribution is 2.32. The first kappa shape index (κ1) is 13.0. The Morgan fingerprint density at radius 1 is 1.41 bits per heavy atom. The van der Waals surface area contributed by atoms with Crippen LogP contribution in [0.1, 0.15) is 25.5 Å². The largest absolute Gasteiger partial charge is 0.379 e. The van der Waals surface area contributed by atoms with Crippen LogP contribution in [0.25, 0.3) is 0 Å². The molecule has 0 radical (unpaired) electrons. The Bertz CT molecular complexity index is 331. The molecule has 1 fully saturated rings. The highest BCUT2D eigenvalue weighted by molar-refractivity contribution is 7.07. The second kappa shape index (κ2) is 5.48. The molecule has 1 aliphatic heterocycles. The van der Waals surface area contributed by atoms with Crippen LogP contribution in [-0.2, 0) is 4.74 Å². The fraction of sp³-hybridized carbons (Fsp3) is 0.692. The van der Waals surface area contributed by atoms with Crippen LogP contribution in [0.3, 0.4) is 0 Å². The summed E-state index contributed by atoms with van der Waals surface area (Å²) in [6.45, 7) is 8.38. The minimum absolute atomic E-state index is 0.111. The van der Waals surface area contributed by atoms with E-state index in [0.717, 1.165) is 26.3 Å². The van der Waals surface area contributed by atoms with E-state index in [1.807, 2.05) is 7.05 Å². The molecule has 1 saturated heterocycles. The van der Waals surface area contributed by atoms with Crippen molar-refractivity contribution >= 4 is 11.3 Å². The van der Waals surface area contributed by atoms with Gasteiger partial charge in [-0.3, -0.25) is 4.90 Å². The summed E-state index contributed by atoms with van der Waals surface area (Å²) in [4.78, 5) is 2.52. The van der Waals surface area contributed by atoms with Crippen molar-refractivity contribution in [3.05, 3.63) is 22.4 Å². The van der Waals surface area contributed by atoms with E-state index in [4.69, 9.17) is 4.74 Å². The quantitative estimate of drug-likeness (QED) is 0.891. The van der Waals surface area contributed by atoms with Gasteiger partial charge in [0.15, 0.2) is 0 Å². The van der Waals surface area contributed by atoms with Crippen molar-refractivity contribution in [2.24, 2.45) is 0 Å². The molecule has 1 aliphatic rings. The molecule has 0 aromatic carbocycles. The molecule has 1 aromatic rings. The lowest BCUT2D eigenvalue weighted by Gasteiger charge is -2.45. The van der Waals surface area contributed by atoms with E-state index in [1.165, 1.54) is 5.56 Å². The summed E-state index contributed by atoms with van der Waals surface area (Å²) in [5, 5.41) is 7.85. The Morgan fingerprint density at radius 2 is 2.12 bits per heavy atom. The third-order valence-corrected chi connectivity index (χ3v) is 4.40. The summed E-state index contributed by atoms with van der Waals surface area (Å²) in [6.07, 6.45) is 0. The number of morpholine rings is 1. The Labute approximate surface area is 108 Å². The third-order valence-electron chi connectivity index (χ3n) is 3.70. The number of hydrogen-bond donors (Lipinski definition) is 1. The first-order valence-electron chi connectivity index (χ1n) is 6.18. The number of thiophene rings is 1. The number of ether oxygens (including phenoxy) is 1. The molecule has 17 heavy (non-hydrogen) atoms. The molecule has 96 valence electrons. The van der Waals surface area contributed by atoms with E-state index in [-0.39, 0.29) is 5.54 Å². The van der Waals surface area contributed by atoms with E-state index in [9.17, 15) is 0 Å². The fourth-order valence-electron chi connectivity index (χ4n) is 2.69. The van der Waals surface area contributed by atoms with Crippen LogP contribution in [0.5, 0.6) is 0 Å². The third kappa shape index (κ3) is 2.71. The Morgan fingerprint density at radius 3 is 2.65 bits per heavy atom. The minimum atomic E-state index is 0.111. The van der Waals surface area contributed by atoms with Gasteiger partial charge in [-0.15, -0.1) is 0 Å². The lowest BCUT2D eigenvalue weighted by Crippen LogP contribution is -2.55. The highest BCUT2D eigenvalue weighted by Gasteiger charge is 2.36. The summed E-state index contributed by atoms with van der Waals surface area (Å²) in [5.74, 6) is 0. The molecule has 1 N–H and O–H groups in total. The van der Waals surface area contributed by atoms with Crippen molar-refractivity contribution in [3.63, 3.8) is 0 Å². The molecule has 0 aliphatic carbocycles. The van der Waals surface area contributed by atoms with Crippen LogP contribution in [0.15, 0.2) is 16.8 Å². The van der Waals surface area contributed by atoms with Crippen LogP contribution in [-0.4, -0.2) is 43.8 Å². The molecule has 1 atom stereocenters. The first-order valence-corrected chi connectivity index (χ1v) is 7.12. The van der Waals surface area contributed by atoms with Gasteiger partial charge in [-0.05, 0) is 43.3 Å². The standard InChI is InChI=1S/C13H22N2OS/c1-13(2,15-5-7-16-8-6-15)12(14-3)11-4-9-17-10-11/h4,9-10,12,14H,5-8H2,1-3H3. The van der Waals surface area contributed by atoms with E-state index < -0.39 is 0 Å². The van der Waals surface area contributed by atoms with Crippen LogP contribution >= 0.6 is 11.3 Å². The predicted molar refractivity (Wildman–Crippen MR) is 72.6 cm³/mol. The van der Waals surface area contributed by atoms with Gasteiger partial charge in [-0.25, -0.2) is 0 Å². The van der Waals surface area contributed by atoms with Gasteiger partial charge < -0.3 is 10.1 Å². The Balaban J connectivity index is 2.16. The van der Waals surface area contributed by atoms with Gasteiger partial charge in [0.25, 0.3) is 0 Å². The molecular formula is C13H22N2OS. The zero-order valence-electron chi connectivity index (χ0n) is 10.9. The van der Waals surface area contributed by atoms with E-state index in [0.29, 0.717) is 6.04 Å². The lowest BCUT2D eigenvalue weighted by molar-refractivity contribution is -0.0228. The van der Waals surface area contributed by atoms with Crippen molar-refractivity contribution in [2.75, 3.05) is 33.4 Å². The molecule has 1 unspecified atom stereocenters. The molecule has 1 aromatic heterocycles. The smallest absolute Gasteiger partial charge is 0.0594 e. The zero-order chi connectivity index (χ0) is 12.3. The number of nitrogens with one attached hydrogen (secondary N) is 1. The summed E-state index contributed by atoms with van der Waals surface area (Å²) in [5.41, 5.74) is 1.49. The van der Waals surface area contributed by atoms with Crippen molar-refractivity contribution in [2.45, 2.75) is 25.4 Å². The maximum Gasteiger partial charge on any atom is 0.0594 e. The number of nitrogens with zero attached hydrogens (tertiary/aromatic N) is 1. The van der Waals surface area contributed by atoms with Crippen LogP contribution in [0, 0.1) is 0 Å². The molecule has 2 rings (SSSR count). The van der Waals surface area contributed by atoms with E-state index >= 15 is 0 Å². The number of likely N-dealkylation sites (N-methyl/N-ethyl adjacent to an activating group) is 1. The van der Waals surface area contributed by atoms with Crippen LogP contribution < -0.4 is 5.32 Å². The number of rotatable bonds is 4. The van der Waals surface area contributed by atoms with Gasteiger partial charge in [0, 0.05) is 18.6 Å². The SMILES string of the molecule is CNC(c1ccsc1)C(C)(C)N1CCOCC1. The summed E-state index contributed by atoms with van der Waals surface area (Å²) >= 11 is 1.76. The van der Waals surface area contributed by atoms with Gasteiger partial charge in [0.2, 0.25) is 0 Å². The Hall–Kier alpha value is -0.420. The van der Waals surface area contributed by atoms with Crippen molar-refractivity contribution in [1.82, 2.24) is 10.2 Å². The molecule has 0 spiro atoms. The molecule has 2 heterocycles. The van der Waals surface area contributed by atoms with Crippen molar-refractivity contribution in [1.29, 1.82) is 0 Å². The lowest BCUT2D eigenvalue weighted by atomic mass is 9.88. The fourth-order valence-corrected chi connectivity index (χ4v) is 3.38. The maximum absolute atomic E-state index is 5.44. The van der Waals surface area contributed by atoms with E-state index in [2.05, 4.69) is 40.9 Å². The number of hydrogen-bond acceptors (Lipinski definition) is 4. The highest BCUT2D eigenvalue weighted by atomic mass is 32.1. The molecule has 0 saturated carbocycles. The van der Waals surface area contributed by atoms with Gasteiger partial charge in [0.1, 0.15) is 0 Å². The minimum Gasteiger partial charge on any atom is -0.379 e. The second-order valence-corrected chi connectivity index (χ2v) is 5.81. The van der Waals surface area contributed by atoms with Gasteiger partial charge in [-0.1, -0.05) is 0 Å². The average Bonchev–Trinajstić information content (AvgIpc) is 2.84. The molecule has 0 bridgehead atoms. The Kier molecular flexibility index (Phi) is 4.20. The normalized spacial score (nSPS) is 20.4. The van der Waals surface area contributed by atoms with Gasteiger partial charge >= 0.3 is 0 Å². The average molecular weight is 254 g/mol. The van der Waals surface area contributed by atoms with Gasteiger partial charge in [-0.2, -0.15) is 11.3 Å². The predicted octanol–water partition coefficient (Wildman–Crippen LogP) is 2.12. The molecular weight excluding hydrogens is 232 g/mol. The zero-order valence-corrected chi connectivity index (χ0v) is 11.7. The van der Waals surface area contributed by atoms with Gasteiger partial charge in [0.05, 0.1) is 19.3 Å². The first-order chi connectivity index (χ1) is 8.16. The van der Waals surface area contributed by atoms with Crippen molar-refractivity contribution in [3.8, 4) is 0 Å². The van der Waals surface area contributed by atoms with Crippen LogP contribution in [0.2, 0.25) is 0 Å². The molecule has 4 heteroatoms. The monoisotopic (exact) mass is 254 g/mol. The van der Waals surface area contributed by atoms with Crippen LogP contribution in [0.4, 0.5) is 0 Å². The van der Waals surface area contributed by atoms with E-state index in [1.54, 1.807) is 11.3 Å². The molecule has 0 amide bonds. The molecule has 3 nitrogen and oxygen atoms in total. The summed E-state index contributed by atoms with van der Waals surface area (Å²) < 4.78 is 5.44. The second-order valence-electron chi connectivity index (χ2n) is 5.03. The summed E-state index contributed by atoms with van der Waals surface area (Å²) in [6, 6.07) is 2.58. The summed E-state index contributed by atoms with van der Waals surface area (Å²) in [7, 11) is 2.05. The maximum atomic E-state index is 5.44. The topological polar surface area (TPSA) is 24.5 Å².